The average molecular weight is 331 g/mol. The van der Waals surface area contributed by atoms with Gasteiger partial charge >= 0.3 is 12.1 Å². The summed E-state index contributed by atoms with van der Waals surface area (Å²) >= 11 is 0. The Labute approximate surface area is 143 Å². The predicted octanol–water partition coefficient (Wildman–Crippen LogP) is 3.71. The highest BCUT2D eigenvalue weighted by Crippen LogP contribution is 2.08. The van der Waals surface area contributed by atoms with Gasteiger partial charge in [0.2, 0.25) is 0 Å². The van der Waals surface area contributed by atoms with Crippen LogP contribution in [0.4, 0.5) is 4.79 Å². The van der Waals surface area contributed by atoms with Crippen LogP contribution in [0.2, 0.25) is 0 Å². The summed E-state index contributed by atoms with van der Waals surface area (Å²) in [5.41, 5.74) is 1.36. The van der Waals surface area contributed by atoms with E-state index in [0.29, 0.717) is 19.4 Å². The molecular formula is C19H25NO4. The average Bonchev–Trinajstić information content (AvgIpc) is 2.48. The number of rotatable bonds is 6. The monoisotopic (exact) mass is 331 g/mol. The minimum atomic E-state index is -0.765. The molecule has 0 aromatic heterocycles. The molecule has 0 saturated heterocycles. The highest BCUT2D eigenvalue weighted by molar-refractivity contribution is 5.67. The zero-order valence-corrected chi connectivity index (χ0v) is 14.5. The number of aliphatic carboxylic acids is 1. The van der Waals surface area contributed by atoms with Crippen LogP contribution in [0, 0.1) is 11.8 Å². The van der Waals surface area contributed by atoms with Crippen LogP contribution in [0.1, 0.15) is 57.6 Å². The van der Waals surface area contributed by atoms with Crippen molar-refractivity contribution < 1.29 is 19.4 Å². The number of ether oxygens (including phenoxy) is 1. The van der Waals surface area contributed by atoms with E-state index in [-0.39, 0.29) is 6.42 Å². The van der Waals surface area contributed by atoms with Gasteiger partial charge in [0.1, 0.15) is 5.60 Å². The van der Waals surface area contributed by atoms with Crippen molar-refractivity contribution in [3.05, 3.63) is 35.4 Å². The molecule has 0 spiro atoms. The summed E-state index contributed by atoms with van der Waals surface area (Å²) in [5.74, 6) is 5.32. The topological polar surface area (TPSA) is 75.6 Å². The second-order valence-corrected chi connectivity index (χ2v) is 6.45. The minimum absolute atomic E-state index is 0.195. The molecule has 0 bridgehead atoms. The van der Waals surface area contributed by atoms with E-state index in [1.165, 1.54) is 0 Å². The van der Waals surface area contributed by atoms with Gasteiger partial charge in [-0.3, -0.25) is 4.79 Å². The third-order valence-corrected chi connectivity index (χ3v) is 2.96. The molecule has 0 heterocycles. The summed E-state index contributed by atoms with van der Waals surface area (Å²) in [6.45, 7) is 5.86. The van der Waals surface area contributed by atoms with Crippen molar-refractivity contribution in [2.45, 2.75) is 58.6 Å². The van der Waals surface area contributed by atoms with Crippen LogP contribution in [-0.2, 0) is 16.1 Å². The van der Waals surface area contributed by atoms with Crippen LogP contribution in [0.25, 0.3) is 0 Å². The summed E-state index contributed by atoms with van der Waals surface area (Å²) in [4.78, 5) is 22.0. The zero-order valence-electron chi connectivity index (χ0n) is 14.5. The van der Waals surface area contributed by atoms with Crippen LogP contribution in [-0.4, -0.2) is 22.8 Å². The molecule has 1 amide bonds. The number of carboxylic acids is 1. The van der Waals surface area contributed by atoms with E-state index >= 15 is 0 Å². The van der Waals surface area contributed by atoms with Crippen molar-refractivity contribution in [2.24, 2.45) is 0 Å². The van der Waals surface area contributed by atoms with E-state index in [1.807, 2.05) is 45.0 Å². The molecule has 0 aliphatic heterocycles. The highest BCUT2D eigenvalue weighted by Gasteiger charge is 2.15. The normalized spacial score (nSPS) is 10.5. The van der Waals surface area contributed by atoms with Crippen molar-refractivity contribution in [1.82, 2.24) is 5.32 Å². The van der Waals surface area contributed by atoms with E-state index in [4.69, 9.17) is 9.84 Å². The summed E-state index contributed by atoms with van der Waals surface area (Å²) in [6, 6.07) is 7.62. The van der Waals surface area contributed by atoms with Crippen LogP contribution in [0.15, 0.2) is 24.3 Å². The van der Waals surface area contributed by atoms with Gasteiger partial charge in [-0.1, -0.05) is 24.0 Å². The number of amides is 1. The molecule has 24 heavy (non-hydrogen) atoms. The Balaban J connectivity index is 2.35. The number of nitrogens with one attached hydrogen (secondary N) is 1. The molecule has 1 aromatic carbocycles. The molecule has 0 unspecified atom stereocenters. The minimum Gasteiger partial charge on any atom is -0.481 e. The molecule has 0 atom stereocenters. The van der Waals surface area contributed by atoms with E-state index in [0.717, 1.165) is 17.5 Å². The van der Waals surface area contributed by atoms with Gasteiger partial charge in [-0.05, 0) is 51.3 Å². The van der Waals surface area contributed by atoms with Crippen molar-refractivity contribution in [3.8, 4) is 11.8 Å². The maximum Gasteiger partial charge on any atom is 0.407 e. The molecule has 0 fully saturated rings. The molecule has 0 radical (unpaired) electrons. The Morgan fingerprint density at radius 1 is 1.17 bits per heavy atom. The number of carboxylic acid groups (broad SMARTS) is 1. The van der Waals surface area contributed by atoms with E-state index < -0.39 is 17.7 Å². The first-order valence-corrected chi connectivity index (χ1v) is 8.03. The number of unbranched alkanes of at least 4 members (excludes halogenated alkanes) is 2. The largest absolute Gasteiger partial charge is 0.481 e. The fraction of sp³-hybridized carbons (Fsp3) is 0.474. The predicted molar refractivity (Wildman–Crippen MR) is 92.5 cm³/mol. The van der Waals surface area contributed by atoms with Gasteiger partial charge in [-0.15, -0.1) is 0 Å². The van der Waals surface area contributed by atoms with Crippen molar-refractivity contribution in [1.29, 1.82) is 0 Å². The standard InChI is InChI=1S/C19H25NO4/c1-19(2,3)24-18(23)20-14-16-12-10-15(11-13-16)8-6-4-5-7-9-17(21)22/h10-13H,4-5,7,9,14H2,1-3H3,(H,20,23)(H,21,22). The van der Waals surface area contributed by atoms with Gasteiger partial charge in [0.15, 0.2) is 0 Å². The second-order valence-electron chi connectivity index (χ2n) is 6.45. The number of alkyl carbamates (subject to hydrolysis) is 1. The zero-order chi connectivity index (χ0) is 18.0. The highest BCUT2D eigenvalue weighted by atomic mass is 16.6. The number of hydrogen-bond acceptors (Lipinski definition) is 3. The van der Waals surface area contributed by atoms with Gasteiger partial charge in [-0.25, -0.2) is 4.79 Å². The number of benzene rings is 1. The van der Waals surface area contributed by atoms with Crippen LogP contribution >= 0.6 is 0 Å². The Morgan fingerprint density at radius 2 is 1.83 bits per heavy atom. The SMILES string of the molecule is CC(C)(C)OC(=O)NCc1ccc(C#CCCCCC(=O)O)cc1. The summed E-state index contributed by atoms with van der Waals surface area (Å²) in [6.07, 6.45) is 1.89. The summed E-state index contributed by atoms with van der Waals surface area (Å²) in [5, 5.41) is 11.2. The van der Waals surface area contributed by atoms with Gasteiger partial charge in [-0.2, -0.15) is 0 Å². The lowest BCUT2D eigenvalue weighted by atomic mass is 10.1. The molecule has 0 aliphatic carbocycles. The smallest absolute Gasteiger partial charge is 0.407 e. The maximum absolute atomic E-state index is 11.6. The Bertz CT molecular complexity index is 603. The third-order valence-electron chi connectivity index (χ3n) is 2.96. The molecule has 130 valence electrons. The lowest BCUT2D eigenvalue weighted by Gasteiger charge is -2.19. The third kappa shape index (κ3) is 9.52. The summed E-state index contributed by atoms with van der Waals surface area (Å²) in [7, 11) is 0. The fourth-order valence-corrected chi connectivity index (χ4v) is 1.85. The summed E-state index contributed by atoms with van der Waals surface area (Å²) < 4.78 is 5.17. The number of hydrogen-bond donors (Lipinski definition) is 2. The first-order valence-electron chi connectivity index (χ1n) is 8.03. The van der Waals surface area contributed by atoms with Gasteiger partial charge < -0.3 is 15.2 Å². The molecule has 5 heteroatoms. The Kier molecular flexibility index (Phi) is 7.84. The molecular weight excluding hydrogens is 306 g/mol. The maximum atomic E-state index is 11.6. The molecule has 2 N–H and O–H groups in total. The molecule has 5 nitrogen and oxygen atoms in total. The lowest BCUT2D eigenvalue weighted by Crippen LogP contribution is -2.32. The van der Waals surface area contributed by atoms with E-state index in [9.17, 15) is 9.59 Å². The van der Waals surface area contributed by atoms with Crippen LogP contribution < -0.4 is 5.32 Å². The number of carbonyl (C=O) groups excluding carboxylic acids is 1. The van der Waals surface area contributed by atoms with Crippen LogP contribution in [0.3, 0.4) is 0 Å². The fourth-order valence-electron chi connectivity index (χ4n) is 1.85. The van der Waals surface area contributed by atoms with Gasteiger partial charge in [0.25, 0.3) is 0 Å². The number of carbonyl (C=O) groups is 2. The molecule has 1 rings (SSSR count). The van der Waals surface area contributed by atoms with Gasteiger partial charge in [0, 0.05) is 24.9 Å². The van der Waals surface area contributed by atoms with Gasteiger partial charge in [0.05, 0.1) is 0 Å². The molecule has 0 saturated carbocycles. The van der Waals surface area contributed by atoms with Crippen molar-refractivity contribution in [2.75, 3.05) is 0 Å². The first-order chi connectivity index (χ1) is 11.3. The Hall–Kier alpha value is -2.48. The van der Waals surface area contributed by atoms with E-state index in [2.05, 4.69) is 17.2 Å². The Morgan fingerprint density at radius 3 is 2.42 bits per heavy atom. The van der Waals surface area contributed by atoms with Crippen LogP contribution in [0.5, 0.6) is 0 Å². The second kappa shape index (κ2) is 9.61. The molecule has 0 aliphatic rings. The van der Waals surface area contributed by atoms with Crippen molar-refractivity contribution >= 4 is 12.1 Å². The quantitative estimate of drug-likeness (QED) is 0.615. The van der Waals surface area contributed by atoms with E-state index in [1.54, 1.807) is 0 Å². The molecule has 1 aromatic rings. The van der Waals surface area contributed by atoms with Crippen molar-refractivity contribution in [3.63, 3.8) is 0 Å². The lowest BCUT2D eigenvalue weighted by molar-refractivity contribution is -0.137. The first kappa shape index (κ1) is 19.6.